The van der Waals surface area contributed by atoms with Gasteiger partial charge in [0.1, 0.15) is 0 Å². The minimum Gasteiger partial charge on any atom is -0.377 e. The van der Waals surface area contributed by atoms with Gasteiger partial charge in [0.2, 0.25) is 0 Å². The third-order valence-electron chi connectivity index (χ3n) is 3.88. The second kappa shape index (κ2) is 5.16. The van der Waals surface area contributed by atoms with E-state index in [-0.39, 0.29) is 12.1 Å². The molecule has 0 amide bonds. The summed E-state index contributed by atoms with van der Waals surface area (Å²) in [6, 6.07) is 15.0. The molecule has 3 rings (SSSR count). The molecular formula is C16H18N2O2S. The maximum absolute atomic E-state index is 11.9. The highest BCUT2D eigenvalue weighted by Crippen LogP contribution is 2.39. The highest BCUT2D eigenvalue weighted by atomic mass is 32.2. The van der Waals surface area contributed by atoms with E-state index < -0.39 is 9.84 Å². The summed E-state index contributed by atoms with van der Waals surface area (Å²) in [6.45, 7) is 0. The fraction of sp³-hybridized carbons (Fsp3) is 0.250. The maximum Gasteiger partial charge on any atom is 0.177 e. The Labute approximate surface area is 124 Å². The predicted molar refractivity (Wildman–Crippen MR) is 83.9 cm³/mol. The molecule has 5 heteroatoms. The Bertz CT molecular complexity index is 771. The van der Waals surface area contributed by atoms with Gasteiger partial charge in [-0.15, -0.1) is 0 Å². The van der Waals surface area contributed by atoms with E-state index in [1.807, 2.05) is 30.3 Å². The second-order valence-electron chi connectivity index (χ2n) is 5.44. The van der Waals surface area contributed by atoms with E-state index in [9.17, 15) is 8.42 Å². The molecule has 0 aliphatic heterocycles. The average Bonchev–Trinajstić information content (AvgIpc) is 2.76. The largest absolute Gasteiger partial charge is 0.377 e. The first-order chi connectivity index (χ1) is 9.97. The number of para-hydroxylation sites is 1. The maximum atomic E-state index is 11.9. The van der Waals surface area contributed by atoms with Crippen LogP contribution in [0.2, 0.25) is 0 Å². The number of hydrogen-bond donors (Lipinski definition) is 2. The molecular weight excluding hydrogens is 284 g/mol. The Kier molecular flexibility index (Phi) is 3.47. The first kappa shape index (κ1) is 14.1. The van der Waals surface area contributed by atoms with E-state index in [0.29, 0.717) is 10.6 Å². The zero-order chi connectivity index (χ0) is 15.0. The van der Waals surface area contributed by atoms with Crippen LogP contribution in [0.5, 0.6) is 0 Å². The molecule has 2 aromatic rings. The van der Waals surface area contributed by atoms with Crippen LogP contribution in [0.25, 0.3) is 0 Å². The van der Waals surface area contributed by atoms with Crippen LogP contribution in [-0.2, 0) is 9.84 Å². The number of nitrogens with two attached hydrogens (primary N) is 1. The van der Waals surface area contributed by atoms with Crippen molar-refractivity contribution in [3.05, 3.63) is 59.7 Å². The van der Waals surface area contributed by atoms with E-state index in [1.165, 1.54) is 6.26 Å². The zero-order valence-electron chi connectivity index (χ0n) is 11.8. The fourth-order valence-electron chi connectivity index (χ4n) is 2.91. The third kappa shape index (κ3) is 2.66. The Morgan fingerprint density at radius 3 is 2.38 bits per heavy atom. The zero-order valence-corrected chi connectivity index (χ0v) is 12.6. The van der Waals surface area contributed by atoms with Crippen LogP contribution in [0.15, 0.2) is 53.4 Å². The molecule has 110 valence electrons. The summed E-state index contributed by atoms with van der Waals surface area (Å²) < 4.78 is 23.7. The van der Waals surface area contributed by atoms with Crippen LogP contribution in [0, 0.1) is 0 Å². The smallest absolute Gasteiger partial charge is 0.177 e. The van der Waals surface area contributed by atoms with Gasteiger partial charge in [0.15, 0.2) is 9.84 Å². The molecule has 0 saturated heterocycles. The van der Waals surface area contributed by atoms with Gasteiger partial charge in [0, 0.05) is 12.3 Å². The molecule has 0 bridgehead atoms. The third-order valence-corrected chi connectivity index (χ3v) is 5.03. The Morgan fingerprint density at radius 2 is 1.67 bits per heavy atom. The highest BCUT2D eigenvalue weighted by molar-refractivity contribution is 7.90. The molecule has 2 unspecified atom stereocenters. The van der Waals surface area contributed by atoms with Gasteiger partial charge in [-0.2, -0.15) is 0 Å². The molecule has 0 fully saturated rings. The predicted octanol–water partition coefficient (Wildman–Crippen LogP) is 2.65. The van der Waals surface area contributed by atoms with Gasteiger partial charge in [0.25, 0.3) is 0 Å². The molecule has 0 spiro atoms. The topological polar surface area (TPSA) is 72.2 Å². The molecule has 4 nitrogen and oxygen atoms in total. The standard InChI is InChI=1S/C16H18N2O2S/c1-21(19,20)16-9-5-4-8-14(16)18-15-10-13(17)11-6-2-3-7-12(11)15/h2-9,13,15,18H,10,17H2,1H3. The van der Waals surface area contributed by atoms with Crippen molar-refractivity contribution >= 4 is 15.5 Å². The summed E-state index contributed by atoms with van der Waals surface area (Å²) in [5.74, 6) is 0. The van der Waals surface area contributed by atoms with Crippen molar-refractivity contribution in [3.63, 3.8) is 0 Å². The van der Waals surface area contributed by atoms with Crippen molar-refractivity contribution in [1.82, 2.24) is 0 Å². The molecule has 0 radical (unpaired) electrons. The monoisotopic (exact) mass is 302 g/mol. The summed E-state index contributed by atoms with van der Waals surface area (Å²) in [5.41, 5.74) is 9.07. The molecule has 2 atom stereocenters. The number of benzene rings is 2. The Balaban J connectivity index is 1.97. The molecule has 3 N–H and O–H groups in total. The number of anilines is 1. The van der Waals surface area contributed by atoms with Crippen molar-refractivity contribution in [2.24, 2.45) is 5.73 Å². The first-order valence-corrected chi connectivity index (χ1v) is 8.76. The van der Waals surface area contributed by atoms with E-state index >= 15 is 0 Å². The lowest BCUT2D eigenvalue weighted by atomic mass is 10.1. The van der Waals surface area contributed by atoms with Gasteiger partial charge < -0.3 is 11.1 Å². The summed E-state index contributed by atoms with van der Waals surface area (Å²) >= 11 is 0. The van der Waals surface area contributed by atoms with E-state index in [1.54, 1.807) is 18.2 Å². The lowest BCUT2D eigenvalue weighted by Crippen LogP contribution is -2.12. The van der Waals surface area contributed by atoms with Crippen molar-refractivity contribution in [3.8, 4) is 0 Å². The number of sulfone groups is 1. The van der Waals surface area contributed by atoms with Gasteiger partial charge in [-0.1, -0.05) is 36.4 Å². The minimum absolute atomic E-state index is 0.0101. The SMILES string of the molecule is CS(=O)(=O)c1ccccc1NC1CC(N)c2ccccc21. The first-order valence-electron chi connectivity index (χ1n) is 6.87. The number of rotatable bonds is 3. The van der Waals surface area contributed by atoms with Crippen molar-refractivity contribution in [1.29, 1.82) is 0 Å². The van der Waals surface area contributed by atoms with E-state index in [0.717, 1.165) is 17.5 Å². The van der Waals surface area contributed by atoms with Gasteiger partial charge in [-0.3, -0.25) is 0 Å². The highest BCUT2D eigenvalue weighted by Gasteiger charge is 2.29. The van der Waals surface area contributed by atoms with Crippen LogP contribution in [0.1, 0.15) is 29.6 Å². The number of fused-ring (bicyclic) bond motifs is 1. The number of nitrogens with one attached hydrogen (secondary N) is 1. The van der Waals surface area contributed by atoms with Crippen LogP contribution >= 0.6 is 0 Å². The average molecular weight is 302 g/mol. The van der Waals surface area contributed by atoms with Gasteiger partial charge in [-0.05, 0) is 29.7 Å². The quantitative estimate of drug-likeness (QED) is 0.914. The van der Waals surface area contributed by atoms with E-state index in [2.05, 4.69) is 5.32 Å². The van der Waals surface area contributed by atoms with Crippen molar-refractivity contribution in [2.75, 3.05) is 11.6 Å². The lowest BCUT2D eigenvalue weighted by Gasteiger charge is -2.18. The van der Waals surface area contributed by atoms with Gasteiger partial charge in [-0.25, -0.2) is 8.42 Å². The Hall–Kier alpha value is -1.85. The lowest BCUT2D eigenvalue weighted by molar-refractivity contribution is 0.601. The molecule has 1 aliphatic rings. The van der Waals surface area contributed by atoms with Crippen LogP contribution in [0.3, 0.4) is 0 Å². The van der Waals surface area contributed by atoms with Gasteiger partial charge >= 0.3 is 0 Å². The van der Waals surface area contributed by atoms with Crippen LogP contribution in [0.4, 0.5) is 5.69 Å². The number of hydrogen-bond acceptors (Lipinski definition) is 4. The molecule has 0 heterocycles. The van der Waals surface area contributed by atoms with Crippen LogP contribution < -0.4 is 11.1 Å². The summed E-state index contributed by atoms with van der Waals surface area (Å²) in [7, 11) is -3.26. The van der Waals surface area contributed by atoms with E-state index in [4.69, 9.17) is 5.73 Å². The fourth-order valence-corrected chi connectivity index (χ4v) is 3.76. The minimum atomic E-state index is -3.26. The summed E-state index contributed by atoms with van der Waals surface area (Å²) in [6.07, 6.45) is 1.99. The normalized spacial score (nSPS) is 21.0. The summed E-state index contributed by atoms with van der Waals surface area (Å²) in [4.78, 5) is 0.322. The molecule has 1 aliphatic carbocycles. The molecule has 2 aromatic carbocycles. The molecule has 21 heavy (non-hydrogen) atoms. The summed E-state index contributed by atoms with van der Waals surface area (Å²) in [5, 5.41) is 3.34. The van der Waals surface area contributed by atoms with Crippen LogP contribution in [-0.4, -0.2) is 14.7 Å². The second-order valence-corrected chi connectivity index (χ2v) is 7.42. The van der Waals surface area contributed by atoms with Crippen molar-refractivity contribution < 1.29 is 8.42 Å². The molecule has 0 saturated carbocycles. The van der Waals surface area contributed by atoms with Crippen molar-refractivity contribution in [2.45, 2.75) is 23.4 Å². The Morgan fingerprint density at radius 1 is 1.05 bits per heavy atom. The molecule has 0 aromatic heterocycles. The van der Waals surface area contributed by atoms with Gasteiger partial charge in [0.05, 0.1) is 16.6 Å².